The van der Waals surface area contributed by atoms with E-state index < -0.39 is 0 Å². The Labute approximate surface area is 138 Å². The van der Waals surface area contributed by atoms with E-state index in [0.717, 1.165) is 50.6 Å². The van der Waals surface area contributed by atoms with Gasteiger partial charge in [0.15, 0.2) is 0 Å². The number of carbonyl (C=O) groups is 1. The molecule has 2 saturated heterocycles. The Bertz CT molecular complexity index is 523. The van der Waals surface area contributed by atoms with Gasteiger partial charge in [0.1, 0.15) is 11.8 Å². The summed E-state index contributed by atoms with van der Waals surface area (Å²) in [5.41, 5.74) is 1.06. The topological polar surface area (TPSA) is 44.8 Å². The molecule has 2 aliphatic heterocycles. The average molecular weight is 317 g/mol. The molecule has 1 unspecified atom stereocenters. The molecule has 1 N–H and O–H groups in total. The van der Waals surface area contributed by atoms with Crippen molar-refractivity contribution in [1.82, 2.24) is 15.1 Å². The van der Waals surface area contributed by atoms with Crippen LogP contribution in [0, 0.1) is 0 Å². The zero-order valence-electron chi connectivity index (χ0n) is 14.0. The second kappa shape index (κ2) is 7.79. The number of nitrogens with one attached hydrogen (secondary N) is 1. The van der Waals surface area contributed by atoms with E-state index in [1.165, 1.54) is 12.8 Å². The maximum Gasteiger partial charge on any atom is 0.244 e. The van der Waals surface area contributed by atoms with Crippen LogP contribution in [-0.2, 0) is 4.79 Å². The third-order valence-electron chi connectivity index (χ3n) is 4.65. The molecular weight excluding hydrogens is 290 g/mol. The van der Waals surface area contributed by atoms with Gasteiger partial charge in [0, 0.05) is 26.2 Å². The fourth-order valence-corrected chi connectivity index (χ4v) is 3.51. The summed E-state index contributed by atoms with van der Waals surface area (Å²) in [4.78, 5) is 17.5. The van der Waals surface area contributed by atoms with Crippen molar-refractivity contribution in [2.24, 2.45) is 0 Å². The van der Waals surface area contributed by atoms with Crippen molar-refractivity contribution in [3.63, 3.8) is 0 Å². The second-order valence-electron chi connectivity index (χ2n) is 6.23. The Balaban J connectivity index is 1.85. The summed E-state index contributed by atoms with van der Waals surface area (Å²) in [5.74, 6) is 1.09. The van der Waals surface area contributed by atoms with Gasteiger partial charge < -0.3 is 15.0 Å². The lowest BCUT2D eigenvalue weighted by atomic mass is 10.0. The zero-order valence-corrected chi connectivity index (χ0v) is 14.0. The minimum absolute atomic E-state index is 0.170. The van der Waals surface area contributed by atoms with Crippen molar-refractivity contribution < 1.29 is 9.53 Å². The standard InChI is InChI=1S/C18H27N3O2/c1-2-23-16-7-5-6-15(14-16)17(20-10-3-4-11-20)18(22)21-12-8-19-9-13-21/h5-7,14,17,19H,2-4,8-13H2,1H3. The largest absolute Gasteiger partial charge is 0.494 e. The Morgan fingerprint density at radius 2 is 1.96 bits per heavy atom. The number of likely N-dealkylation sites (tertiary alicyclic amines) is 1. The molecule has 0 aromatic heterocycles. The smallest absolute Gasteiger partial charge is 0.244 e. The number of benzene rings is 1. The summed E-state index contributed by atoms with van der Waals surface area (Å²) >= 11 is 0. The first-order valence-corrected chi connectivity index (χ1v) is 8.76. The van der Waals surface area contributed by atoms with E-state index >= 15 is 0 Å². The van der Waals surface area contributed by atoms with Crippen LogP contribution in [0.5, 0.6) is 5.75 Å². The highest BCUT2D eigenvalue weighted by atomic mass is 16.5. The number of hydrogen-bond donors (Lipinski definition) is 1. The van der Waals surface area contributed by atoms with Gasteiger partial charge in [-0.15, -0.1) is 0 Å². The number of rotatable bonds is 5. The normalized spacial score (nSPS) is 20.5. The van der Waals surface area contributed by atoms with Crippen molar-refractivity contribution in [2.45, 2.75) is 25.8 Å². The number of ether oxygens (including phenoxy) is 1. The molecule has 126 valence electrons. The molecule has 3 rings (SSSR count). The molecule has 0 saturated carbocycles. The fraction of sp³-hybridized carbons (Fsp3) is 0.611. The van der Waals surface area contributed by atoms with Crippen molar-refractivity contribution in [3.8, 4) is 5.75 Å². The lowest BCUT2D eigenvalue weighted by Crippen LogP contribution is -2.50. The Kier molecular flexibility index (Phi) is 5.51. The molecule has 2 heterocycles. The van der Waals surface area contributed by atoms with Crippen LogP contribution in [0.1, 0.15) is 31.4 Å². The molecule has 1 amide bonds. The van der Waals surface area contributed by atoms with Crippen LogP contribution in [-0.4, -0.2) is 61.6 Å². The van der Waals surface area contributed by atoms with Crippen LogP contribution < -0.4 is 10.1 Å². The number of amides is 1. The molecular formula is C18H27N3O2. The van der Waals surface area contributed by atoms with Crippen LogP contribution in [0.4, 0.5) is 0 Å². The summed E-state index contributed by atoms with van der Waals surface area (Å²) in [6, 6.07) is 7.88. The van der Waals surface area contributed by atoms with E-state index in [1.807, 2.05) is 30.0 Å². The van der Waals surface area contributed by atoms with E-state index in [1.54, 1.807) is 0 Å². The summed E-state index contributed by atoms with van der Waals surface area (Å²) < 4.78 is 5.63. The van der Waals surface area contributed by atoms with Crippen molar-refractivity contribution in [3.05, 3.63) is 29.8 Å². The van der Waals surface area contributed by atoms with E-state index in [-0.39, 0.29) is 11.9 Å². The first kappa shape index (κ1) is 16.3. The summed E-state index contributed by atoms with van der Waals surface area (Å²) in [5, 5.41) is 3.32. The molecule has 1 atom stereocenters. The highest BCUT2D eigenvalue weighted by Crippen LogP contribution is 2.29. The van der Waals surface area contributed by atoms with Gasteiger partial charge in [-0.25, -0.2) is 0 Å². The molecule has 2 aliphatic rings. The summed E-state index contributed by atoms with van der Waals surface area (Å²) in [6.07, 6.45) is 2.35. The SMILES string of the molecule is CCOc1cccc(C(C(=O)N2CCNCC2)N2CCCC2)c1. The second-order valence-corrected chi connectivity index (χ2v) is 6.23. The lowest BCUT2D eigenvalue weighted by molar-refractivity contribution is -0.137. The predicted molar refractivity (Wildman–Crippen MR) is 90.6 cm³/mol. The Hall–Kier alpha value is -1.59. The minimum Gasteiger partial charge on any atom is -0.494 e. The van der Waals surface area contributed by atoms with Gasteiger partial charge in [-0.3, -0.25) is 9.69 Å². The van der Waals surface area contributed by atoms with E-state index in [2.05, 4.69) is 16.3 Å². The average Bonchev–Trinajstić information content (AvgIpc) is 3.11. The molecule has 0 radical (unpaired) electrons. The quantitative estimate of drug-likeness (QED) is 0.897. The molecule has 5 nitrogen and oxygen atoms in total. The van der Waals surface area contributed by atoms with Gasteiger partial charge in [-0.2, -0.15) is 0 Å². The predicted octanol–water partition coefficient (Wildman–Crippen LogP) is 1.65. The summed E-state index contributed by atoms with van der Waals surface area (Å²) in [7, 11) is 0. The number of hydrogen-bond acceptors (Lipinski definition) is 4. The number of piperazine rings is 1. The van der Waals surface area contributed by atoms with Gasteiger partial charge in [0.2, 0.25) is 5.91 Å². The van der Waals surface area contributed by atoms with Crippen molar-refractivity contribution in [2.75, 3.05) is 45.9 Å². The fourth-order valence-electron chi connectivity index (χ4n) is 3.51. The maximum atomic E-state index is 13.2. The Morgan fingerprint density at radius 3 is 2.65 bits per heavy atom. The number of carbonyl (C=O) groups excluding carboxylic acids is 1. The Morgan fingerprint density at radius 1 is 1.22 bits per heavy atom. The zero-order chi connectivity index (χ0) is 16.1. The number of nitrogens with zero attached hydrogens (tertiary/aromatic N) is 2. The van der Waals surface area contributed by atoms with E-state index in [9.17, 15) is 4.79 Å². The molecule has 23 heavy (non-hydrogen) atoms. The molecule has 0 spiro atoms. The highest BCUT2D eigenvalue weighted by molar-refractivity contribution is 5.83. The van der Waals surface area contributed by atoms with Crippen LogP contribution in [0.25, 0.3) is 0 Å². The van der Waals surface area contributed by atoms with Crippen molar-refractivity contribution in [1.29, 1.82) is 0 Å². The summed E-state index contributed by atoms with van der Waals surface area (Å²) in [6.45, 7) is 8.00. The van der Waals surface area contributed by atoms with Crippen LogP contribution in [0.2, 0.25) is 0 Å². The van der Waals surface area contributed by atoms with Gasteiger partial charge in [0.25, 0.3) is 0 Å². The van der Waals surface area contributed by atoms with Crippen LogP contribution in [0.15, 0.2) is 24.3 Å². The third-order valence-corrected chi connectivity index (χ3v) is 4.65. The van der Waals surface area contributed by atoms with Gasteiger partial charge in [-0.1, -0.05) is 12.1 Å². The van der Waals surface area contributed by atoms with E-state index in [4.69, 9.17) is 4.74 Å². The minimum atomic E-state index is -0.170. The lowest BCUT2D eigenvalue weighted by Gasteiger charge is -2.35. The molecule has 1 aromatic carbocycles. The maximum absolute atomic E-state index is 13.2. The monoisotopic (exact) mass is 317 g/mol. The van der Waals surface area contributed by atoms with Gasteiger partial charge >= 0.3 is 0 Å². The highest BCUT2D eigenvalue weighted by Gasteiger charge is 2.33. The first-order valence-electron chi connectivity index (χ1n) is 8.76. The molecule has 0 aliphatic carbocycles. The van der Waals surface area contributed by atoms with Gasteiger partial charge in [0.05, 0.1) is 6.61 Å². The molecule has 0 bridgehead atoms. The first-order chi connectivity index (χ1) is 11.3. The van der Waals surface area contributed by atoms with Crippen LogP contribution in [0.3, 0.4) is 0 Å². The van der Waals surface area contributed by atoms with Crippen LogP contribution >= 0.6 is 0 Å². The van der Waals surface area contributed by atoms with Gasteiger partial charge in [-0.05, 0) is 50.6 Å². The third kappa shape index (κ3) is 3.85. The van der Waals surface area contributed by atoms with Crippen molar-refractivity contribution >= 4 is 5.91 Å². The molecule has 2 fully saturated rings. The molecule has 5 heteroatoms. The molecule has 1 aromatic rings. The van der Waals surface area contributed by atoms with E-state index in [0.29, 0.717) is 6.61 Å².